The second-order valence-corrected chi connectivity index (χ2v) is 4.24. The Kier molecular flexibility index (Phi) is 2.46. The topological polar surface area (TPSA) is 29.3 Å². The molecule has 1 aliphatic rings. The third-order valence-electron chi connectivity index (χ3n) is 3.15. The molecule has 0 spiro atoms. The molecule has 1 unspecified atom stereocenters. The molecule has 1 aliphatic carbocycles. The van der Waals surface area contributed by atoms with E-state index in [-0.39, 0.29) is 0 Å². The molecular formula is C12H18N2. The number of nitrogen functional groups attached to an aromatic ring is 1. The van der Waals surface area contributed by atoms with E-state index in [0.29, 0.717) is 6.04 Å². The van der Waals surface area contributed by atoms with Crippen molar-refractivity contribution < 1.29 is 0 Å². The van der Waals surface area contributed by atoms with E-state index in [0.717, 1.165) is 11.7 Å². The van der Waals surface area contributed by atoms with Gasteiger partial charge in [0.25, 0.3) is 0 Å². The number of benzene rings is 1. The predicted molar refractivity (Wildman–Crippen MR) is 60.1 cm³/mol. The van der Waals surface area contributed by atoms with Crippen molar-refractivity contribution in [2.75, 3.05) is 12.8 Å². The van der Waals surface area contributed by atoms with Crippen molar-refractivity contribution in [3.05, 3.63) is 29.8 Å². The van der Waals surface area contributed by atoms with Gasteiger partial charge < -0.3 is 5.73 Å². The van der Waals surface area contributed by atoms with Crippen LogP contribution in [0.2, 0.25) is 0 Å². The summed E-state index contributed by atoms with van der Waals surface area (Å²) >= 11 is 0. The summed E-state index contributed by atoms with van der Waals surface area (Å²) < 4.78 is 0. The van der Waals surface area contributed by atoms with Gasteiger partial charge in [0.1, 0.15) is 0 Å². The van der Waals surface area contributed by atoms with Crippen molar-refractivity contribution >= 4 is 5.69 Å². The van der Waals surface area contributed by atoms with Gasteiger partial charge in [0, 0.05) is 17.8 Å². The Balaban J connectivity index is 2.09. The first-order chi connectivity index (χ1) is 6.68. The van der Waals surface area contributed by atoms with E-state index in [4.69, 9.17) is 5.73 Å². The fraction of sp³-hybridized carbons (Fsp3) is 0.500. The second-order valence-electron chi connectivity index (χ2n) is 4.24. The first-order valence-electron chi connectivity index (χ1n) is 5.26. The maximum absolute atomic E-state index is 5.66. The van der Waals surface area contributed by atoms with E-state index >= 15 is 0 Å². The third kappa shape index (κ3) is 1.90. The number of hydrogen-bond donors (Lipinski definition) is 1. The summed E-state index contributed by atoms with van der Waals surface area (Å²) in [7, 11) is 2.21. The van der Waals surface area contributed by atoms with E-state index < -0.39 is 0 Å². The third-order valence-corrected chi connectivity index (χ3v) is 3.15. The maximum atomic E-state index is 5.66. The van der Waals surface area contributed by atoms with E-state index in [2.05, 4.69) is 31.0 Å². The van der Waals surface area contributed by atoms with Crippen molar-refractivity contribution in [2.24, 2.45) is 0 Å². The van der Waals surface area contributed by atoms with Crippen LogP contribution in [0.4, 0.5) is 5.69 Å². The fourth-order valence-corrected chi connectivity index (χ4v) is 1.81. The summed E-state index contributed by atoms with van der Waals surface area (Å²) in [4.78, 5) is 2.45. The lowest BCUT2D eigenvalue weighted by Gasteiger charge is -2.24. The monoisotopic (exact) mass is 190 g/mol. The minimum Gasteiger partial charge on any atom is -0.399 e. The van der Waals surface area contributed by atoms with Gasteiger partial charge in [0.15, 0.2) is 0 Å². The molecule has 14 heavy (non-hydrogen) atoms. The molecular weight excluding hydrogens is 172 g/mol. The molecule has 1 saturated carbocycles. The van der Waals surface area contributed by atoms with Crippen molar-refractivity contribution in [3.8, 4) is 0 Å². The molecule has 0 heterocycles. The van der Waals surface area contributed by atoms with Crippen molar-refractivity contribution in [3.63, 3.8) is 0 Å². The Hall–Kier alpha value is -1.02. The Morgan fingerprint density at radius 1 is 1.29 bits per heavy atom. The maximum Gasteiger partial charge on any atom is 0.0319 e. The van der Waals surface area contributed by atoms with Crippen LogP contribution in [-0.2, 0) is 0 Å². The Morgan fingerprint density at radius 2 is 1.86 bits per heavy atom. The molecule has 0 aromatic heterocycles. The van der Waals surface area contributed by atoms with Gasteiger partial charge in [-0.3, -0.25) is 4.90 Å². The van der Waals surface area contributed by atoms with Gasteiger partial charge in [-0.25, -0.2) is 0 Å². The summed E-state index contributed by atoms with van der Waals surface area (Å²) in [6.45, 7) is 2.25. The first kappa shape index (κ1) is 9.53. The number of nitrogens with two attached hydrogens (primary N) is 1. The van der Waals surface area contributed by atoms with Gasteiger partial charge in [-0.05, 0) is 44.5 Å². The zero-order valence-corrected chi connectivity index (χ0v) is 8.90. The molecule has 2 heteroatoms. The number of rotatable bonds is 3. The highest BCUT2D eigenvalue weighted by atomic mass is 15.2. The highest BCUT2D eigenvalue weighted by Gasteiger charge is 2.29. The normalized spacial score (nSPS) is 18.5. The largest absolute Gasteiger partial charge is 0.399 e. The van der Waals surface area contributed by atoms with E-state index in [1.807, 2.05) is 12.1 Å². The number of anilines is 1. The quantitative estimate of drug-likeness (QED) is 0.742. The van der Waals surface area contributed by atoms with E-state index in [1.165, 1.54) is 18.4 Å². The Morgan fingerprint density at radius 3 is 2.36 bits per heavy atom. The minimum absolute atomic E-state index is 0.503. The van der Waals surface area contributed by atoms with Gasteiger partial charge in [-0.2, -0.15) is 0 Å². The Labute approximate surface area is 85.7 Å². The van der Waals surface area contributed by atoms with Gasteiger partial charge in [0.2, 0.25) is 0 Å². The molecule has 0 saturated heterocycles. The van der Waals surface area contributed by atoms with Crippen LogP contribution in [0.5, 0.6) is 0 Å². The minimum atomic E-state index is 0.503. The van der Waals surface area contributed by atoms with E-state index in [9.17, 15) is 0 Å². The molecule has 2 rings (SSSR count). The lowest BCUT2D eigenvalue weighted by atomic mass is 10.1. The molecule has 0 radical (unpaired) electrons. The average molecular weight is 190 g/mol. The zero-order chi connectivity index (χ0) is 10.1. The van der Waals surface area contributed by atoms with Crippen LogP contribution in [0.1, 0.15) is 31.4 Å². The molecule has 0 bridgehead atoms. The molecule has 1 aromatic carbocycles. The van der Waals surface area contributed by atoms with Crippen LogP contribution in [0.15, 0.2) is 24.3 Å². The van der Waals surface area contributed by atoms with Crippen LogP contribution < -0.4 is 5.73 Å². The van der Waals surface area contributed by atoms with Gasteiger partial charge in [0.05, 0.1) is 0 Å². The van der Waals surface area contributed by atoms with Crippen molar-refractivity contribution in [1.82, 2.24) is 4.90 Å². The van der Waals surface area contributed by atoms with Crippen LogP contribution in [-0.4, -0.2) is 18.0 Å². The highest BCUT2D eigenvalue weighted by molar-refractivity contribution is 5.40. The summed E-state index contributed by atoms with van der Waals surface area (Å²) in [5, 5.41) is 0. The lowest BCUT2D eigenvalue weighted by molar-refractivity contribution is 0.251. The SMILES string of the molecule is CC(c1ccc(N)cc1)N(C)C1CC1. The summed E-state index contributed by atoms with van der Waals surface area (Å²) in [6, 6.07) is 9.52. The molecule has 2 nitrogen and oxygen atoms in total. The molecule has 76 valence electrons. The zero-order valence-electron chi connectivity index (χ0n) is 8.90. The fourth-order valence-electron chi connectivity index (χ4n) is 1.81. The lowest BCUT2D eigenvalue weighted by Crippen LogP contribution is -2.24. The second kappa shape index (κ2) is 3.62. The molecule has 1 atom stereocenters. The predicted octanol–water partition coefficient (Wildman–Crippen LogP) is 2.42. The van der Waals surface area contributed by atoms with Crippen molar-refractivity contribution in [1.29, 1.82) is 0 Å². The first-order valence-corrected chi connectivity index (χ1v) is 5.26. The van der Waals surface area contributed by atoms with Crippen molar-refractivity contribution in [2.45, 2.75) is 31.8 Å². The standard InChI is InChI=1S/C12H18N2/c1-9(14(2)12-7-8-12)10-3-5-11(13)6-4-10/h3-6,9,12H,7-8,13H2,1-2H3. The number of nitrogens with zero attached hydrogens (tertiary/aromatic N) is 1. The summed E-state index contributed by atoms with van der Waals surface area (Å²) in [6.07, 6.45) is 2.71. The molecule has 1 fully saturated rings. The van der Waals surface area contributed by atoms with Gasteiger partial charge in [-0.1, -0.05) is 12.1 Å². The van der Waals surface area contributed by atoms with E-state index in [1.54, 1.807) is 0 Å². The van der Waals surface area contributed by atoms with Gasteiger partial charge >= 0.3 is 0 Å². The number of hydrogen-bond acceptors (Lipinski definition) is 2. The average Bonchev–Trinajstić information content (AvgIpc) is 3.00. The summed E-state index contributed by atoms with van der Waals surface area (Å²) in [5.74, 6) is 0. The molecule has 2 N–H and O–H groups in total. The smallest absolute Gasteiger partial charge is 0.0319 e. The summed E-state index contributed by atoms with van der Waals surface area (Å²) in [5.41, 5.74) is 7.86. The van der Waals surface area contributed by atoms with Crippen LogP contribution in [0.25, 0.3) is 0 Å². The Bertz CT molecular complexity index is 301. The molecule has 0 amide bonds. The highest BCUT2D eigenvalue weighted by Crippen LogP contribution is 2.32. The van der Waals surface area contributed by atoms with Gasteiger partial charge in [-0.15, -0.1) is 0 Å². The van der Waals surface area contributed by atoms with Crippen LogP contribution in [0.3, 0.4) is 0 Å². The van der Waals surface area contributed by atoms with Crippen LogP contribution in [0, 0.1) is 0 Å². The molecule has 0 aliphatic heterocycles. The van der Waals surface area contributed by atoms with Crippen LogP contribution >= 0.6 is 0 Å². The molecule has 1 aromatic rings.